The van der Waals surface area contributed by atoms with E-state index in [0.717, 1.165) is 6.54 Å². The van der Waals surface area contributed by atoms with Crippen LogP contribution in [0.2, 0.25) is 0 Å². The van der Waals surface area contributed by atoms with E-state index in [0.29, 0.717) is 17.0 Å². The minimum Gasteiger partial charge on any atom is -0.317 e. The summed E-state index contributed by atoms with van der Waals surface area (Å²) in [6.07, 6.45) is 1.19. The Morgan fingerprint density at radius 3 is 2.00 bits per heavy atom. The van der Waals surface area contributed by atoms with Crippen LogP contribution in [0.5, 0.6) is 0 Å². The highest BCUT2D eigenvalue weighted by Gasteiger charge is 2.31. The van der Waals surface area contributed by atoms with Crippen LogP contribution in [0.15, 0.2) is 0 Å². The Hall–Kier alpha value is -0.0800. The molecule has 1 atom stereocenters. The summed E-state index contributed by atoms with van der Waals surface area (Å²) in [4.78, 5) is 2.47. The first-order valence-electron chi connectivity index (χ1n) is 6.06. The zero-order valence-electron chi connectivity index (χ0n) is 11.9. The average molecular weight is 214 g/mol. The van der Waals surface area contributed by atoms with Gasteiger partial charge in [-0.1, -0.05) is 20.8 Å². The molecule has 0 aliphatic rings. The lowest BCUT2D eigenvalue weighted by Gasteiger charge is -2.42. The maximum Gasteiger partial charge on any atom is 0.0147 e. The van der Waals surface area contributed by atoms with Crippen LogP contribution in [0.25, 0.3) is 0 Å². The second-order valence-electron chi connectivity index (χ2n) is 6.02. The Balaban J connectivity index is 4.46. The van der Waals surface area contributed by atoms with Gasteiger partial charge in [0.25, 0.3) is 0 Å². The molecule has 0 rings (SSSR count). The largest absolute Gasteiger partial charge is 0.317 e. The zero-order chi connectivity index (χ0) is 12.3. The Bertz CT molecular complexity index is 185. The summed E-state index contributed by atoms with van der Waals surface area (Å²) in [7, 11) is 4.27. The highest BCUT2D eigenvalue weighted by atomic mass is 15.2. The number of hydrogen-bond donors (Lipinski definition) is 1. The third-order valence-corrected chi connectivity index (χ3v) is 4.15. The molecule has 0 amide bonds. The number of hydrogen-bond acceptors (Lipinski definition) is 2. The molecule has 0 heterocycles. The number of rotatable bonds is 6. The third kappa shape index (κ3) is 4.12. The van der Waals surface area contributed by atoms with Gasteiger partial charge in [0.15, 0.2) is 0 Å². The average Bonchev–Trinajstić information content (AvgIpc) is 2.15. The summed E-state index contributed by atoms with van der Waals surface area (Å²) in [6.45, 7) is 14.9. The van der Waals surface area contributed by atoms with Crippen molar-refractivity contribution < 1.29 is 0 Å². The van der Waals surface area contributed by atoms with Crippen LogP contribution in [-0.4, -0.2) is 37.1 Å². The summed E-state index contributed by atoms with van der Waals surface area (Å²) in [5.74, 6) is 0. The summed E-state index contributed by atoms with van der Waals surface area (Å²) in [6, 6.07) is 0.535. The fourth-order valence-electron chi connectivity index (χ4n) is 1.62. The second-order valence-corrected chi connectivity index (χ2v) is 6.02. The highest BCUT2D eigenvalue weighted by molar-refractivity contribution is 4.87. The molecule has 0 bridgehead atoms. The summed E-state index contributed by atoms with van der Waals surface area (Å²) in [5.41, 5.74) is 0.598. The van der Waals surface area contributed by atoms with E-state index in [-0.39, 0.29) is 0 Å². The fourth-order valence-corrected chi connectivity index (χ4v) is 1.62. The monoisotopic (exact) mass is 214 g/mol. The van der Waals surface area contributed by atoms with E-state index >= 15 is 0 Å². The molecule has 0 fully saturated rings. The van der Waals surface area contributed by atoms with E-state index in [1.807, 2.05) is 7.05 Å². The fraction of sp³-hybridized carbons (Fsp3) is 1.00. The van der Waals surface area contributed by atoms with Crippen LogP contribution < -0.4 is 5.32 Å². The van der Waals surface area contributed by atoms with E-state index < -0.39 is 0 Å². The molecule has 0 aromatic heterocycles. The van der Waals surface area contributed by atoms with Gasteiger partial charge in [-0.05, 0) is 46.7 Å². The molecule has 0 radical (unpaired) electrons. The maximum atomic E-state index is 3.35. The van der Waals surface area contributed by atoms with E-state index in [2.05, 4.69) is 58.8 Å². The molecular formula is C13H30N2. The zero-order valence-corrected chi connectivity index (χ0v) is 11.9. The van der Waals surface area contributed by atoms with Gasteiger partial charge in [-0.3, -0.25) is 0 Å². The van der Waals surface area contributed by atoms with Gasteiger partial charge in [-0.25, -0.2) is 0 Å². The first-order valence-corrected chi connectivity index (χ1v) is 6.06. The van der Waals surface area contributed by atoms with Gasteiger partial charge in [-0.2, -0.15) is 0 Å². The molecule has 0 saturated carbocycles. The lowest BCUT2D eigenvalue weighted by atomic mass is 9.83. The summed E-state index contributed by atoms with van der Waals surface area (Å²) < 4.78 is 0. The lowest BCUT2D eigenvalue weighted by molar-refractivity contribution is 0.0823. The van der Waals surface area contributed by atoms with Crippen LogP contribution in [-0.2, 0) is 0 Å². The molecule has 0 aliphatic carbocycles. The van der Waals surface area contributed by atoms with Crippen molar-refractivity contribution in [3.8, 4) is 0 Å². The standard InChI is InChI=1S/C13H30N2/c1-9-13(5,6)15(8)10-12(3,4)11(2)14-7/h11,14H,9-10H2,1-8H3. The van der Waals surface area contributed by atoms with Crippen molar-refractivity contribution in [1.82, 2.24) is 10.2 Å². The van der Waals surface area contributed by atoms with Gasteiger partial charge >= 0.3 is 0 Å². The molecule has 1 N–H and O–H groups in total. The second kappa shape index (κ2) is 5.31. The van der Waals surface area contributed by atoms with Crippen LogP contribution >= 0.6 is 0 Å². The minimum absolute atomic E-state index is 0.296. The smallest absolute Gasteiger partial charge is 0.0147 e. The van der Waals surface area contributed by atoms with E-state index in [1.165, 1.54) is 6.42 Å². The molecular weight excluding hydrogens is 184 g/mol. The first kappa shape index (κ1) is 14.9. The molecule has 0 saturated heterocycles. The van der Waals surface area contributed by atoms with Crippen LogP contribution in [0.3, 0.4) is 0 Å². The third-order valence-electron chi connectivity index (χ3n) is 4.15. The maximum absolute atomic E-state index is 3.35. The van der Waals surface area contributed by atoms with E-state index in [4.69, 9.17) is 0 Å². The van der Waals surface area contributed by atoms with E-state index in [1.54, 1.807) is 0 Å². The molecule has 0 aromatic rings. The van der Waals surface area contributed by atoms with Gasteiger partial charge in [0.2, 0.25) is 0 Å². The summed E-state index contributed by atoms with van der Waals surface area (Å²) in [5, 5.41) is 3.35. The van der Waals surface area contributed by atoms with Gasteiger partial charge in [0.05, 0.1) is 0 Å². The molecule has 15 heavy (non-hydrogen) atoms. The molecule has 0 aliphatic heterocycles. The predicted molar refractivity (Wildman–Crippen MR) is 69.3 cm³/mol. The van der Waals surface area contributed by atoms with Crippen LogP contribution in [0, 0.1) is 5.41 Å². The van der Waals surface area contributed by atoms with Crippen LogP contribution in [0.1, 0.15) is 48.0 Å². The Morgan fingerprint density at radius 1 is 1.20 bits per heavy atom. The van der Waals surface area contributed by atoms with E-state index in [9.17, 15) is 0 Å². The minimum atomic E-state index is 0.296. The molecule has 2 heteroatoms. The van der Waals surface area contributed by atoms with Gasteiger partial charge in [0, 0.05) is 18.1 Å². The van der Waals surface area contributed by atoms with Crippen molar-refractivity contribution in [2.75, 3.05) is 20.6 Å². The van der Waals surface area contributed by atoms with Crippen molar-refractivity contribution in [3.63, 3.8) is 0 Å². The lowest BCUT2D eigenvalue weighted by Crippen LogP contribution is -2.50. The quantitative estimate of drug-likeness (QED) is 0.731. The van der Waals surface area contributed by atoms with Gasteiger partial charge < -0.3 is 10.2 Å². The number of nitrogens with one attached hydrogen (secondary N) is 1. The summed E-state index contributed by atoms with van der Waals surface area (Å²) >= 11 is 0. The van der Waals surface area contributed by atoms with Crippen molar-refractivity contribution in [1.29, 1.82) is 0 Å². The Kier molecular flexibility index (Phi) is 5.28. The van der Waals surface area contributed by atoms with Gasteiger partial charge in [0.1, 0.15) is 0 Å². The molecule has 2 nitrogen and oxygen atoms in total. The van der Waals surface area contributed by atoms with Crippen molar-refractivity contribution in [3.05, 3.63) is 0 Å². The molecule has 92 valence electrons. The Labute approximate surface area is 96.4 Å². The number of nitrogens with zero attached hydrogens (tertiary/aromatic N) is 1. The molecule has 1 unspecified atom stereocenters. The molecule has 0 aromatic carbocycles. The van der Waals surface area contributed by atoms with Crippen molar-refractivity contribution in [2.45, 2.75) is 59.5 Å². The SMILES string of the molecule is CCC(C)(C)N(C)CC(C)(C)C(C)NC. The Morgan fingerprint density at radius 2 is 1.67 bits per heavy atom. The van der Waals surface area contributed by atoms with Gasteiger partial charge in [-0.15, -0.1) is 0 Å². The van der Waals surface area contributed by atoms with Crippen molar-refractivity contribution >= 4 is 0 Å². The predicted octanol–water partition coefficient (Wildman–Crippen LogP) is 2.74. The van der Waals surface area contributed by atoms with Crippen molar-refractivity contribution in [2.24, 2.45) is 5.41 Å². The first-order chi connectivity index (χ1) is 6.67. The topological polar surface area (TPSA) is 15.3 Å². The highest BCUT2D eigenvalue weighted by Crippen LogP contribution is 2.26. The van der Waals surface area contributed by atoms with Crippen LogP contribution in [0.4, 0.5) is 0 Å². The normalized spacial score (nSPS) is 15.8. The molecule has 0 spiro atoms.